The number of amides is 1. The Balaban J connectivity index is 0.00000180. The van der Waals surface area contributed by atoms with E-state index >= 15 is 0 Å². The van der Waals surface area contributed by atoms with Gasteiger partial charge >= 0.3 is 0 Å². The number of hydrogen-bond donors (Lipinski definition) is 1. The molecule has 2 N–H and O–H groups in total. The summed E-state index contributed by atoms with van der Waals surface area (Å²) in [6.45, 7) is 9.15. The molecule has 1 aromatic rings. The topological polar surface area (TPSA) is 72.4 Å². The second kappa shape index (κ2) is 5.51. The first-order chi connectivity index (χ1) is 8.33. The number of nitrogens with two attached hydrogens (primary N) is 1. The van der Waals surface area contributed by atoms with Crippen molar-refractivity contribution in [1.82, 2.24) is 10.1 Å². The Bertz CT molecular complexity index is 451. The third kappa shape index (κ3) is 2.92. The van der Waals surface area contributed by atoms with Gasteiger partial charge in [-0.1, -0.05) is 19.0 Å². The predicted octanol–water partition coefficient (Wildman–Crippen LogP) is 1.91. The van der Waals surface area contributed by atoms with Crippen molar-refractivity contribution in [3.63, 3.8) is 0 Å². The molecule has 1 aromatic heterocycles. The number of hydrogen-bond acceptors (Lipinski definition) is 4. The van der Waals surface area contributed by atoms with E-state index in [2.05, 4.69) is 19.0 Å². The van der Waals surface area contributed by atoms with Gasteiger partial charge in [0.1, 0.15) is 11.3 Å². The molecule has 0 aromatic carbocycles. The number of piperidine rings is 1. The highest BCUT2D eigenvalue weighted by molar-refractivity contribution is 5.96. The molecule has 1 unspecified atom stereocenters. The maximum Gasteiger partial charge on any atom is 0.259 e. The van der Waals surface area contributed by atoms with E-state index in [9.17, 15) is 4.79 Å². The molecule has 0 aliphatic carbocycles. The lowest BCUT2D eigenvalue weighted by Crippen LogP contribution is -2.54. The fourth-order valence-corrected chi connectivity index (χ4v) is 2.49. The van der Waals surface area contributed by atoms with E-state index in [1.54, 1.807) is 13.8 Å². The minimum Gasteiger partial charge on any atom is -0.361 e. The van der Waals surface area contributed by atoms with Crippen LogP contribution >= 0.6 is 12.4 Å². The van der Waals surface area contributed by atoms with E-state index in [-0.39, 0.29) is 29.8 Å². The molecule has 2 heterocycles. The Morgan fingerprint density at radius 3 is 2.58 bits per heavy atom. The third-order valence-corrected chi connectivity index (χ3v) is 3.85. The molecule has 1 saturated heterocycles. The zero-order valence-electron chi connectivity index (χ0n) is 11.9. The van der Waals surface area contributed by atoms with E-state index in [1.807, 2.05) is 4.90 Å². The first-order valence-electron chi connectivity index (χ1n) is 6.30. The van der Waals surface area contributed by atoms with Gasteiger partial charge in [0.05, 0.1) is 5.69 Å². The van der Waals surface area contributed by atoms with Crippen LogP contribution in [-0.2, 0) is 0 Å². The Hall–Kier alpha value is -1.07. The van der Waals surface area contributed by atoms with Crippen LogP contribution in [0.3, 0.4) is 0 Å². The van der Waals surface area contributed by atoms with E-state index in [1.165, 1.54) is 0 Å². The SMILES string of the molecule is Cc1noc(C)c1C(=O)N1CCC(N)C(C)(C)C1.Cl. The molecule has 1 amide bonds. The van der Waals surface area contributed by atoms with Crippen molar-refractivity contribution in [3.05, 3.63) is 17.0 Å². The van der Waals surface area contributed by atoms with Gasteiger partial charge in [0, 0.05) is 19.1 Å². The van der Waals surface area contributed by atoms with Crippen molar-refractivity contribution < 1.29 is 9.32 Å². The number of likely N-dealkylation sites (tertiary alicyclic amines) is 1. The van der Waals surface area contributed by atoms with E-state index < -0.39 is 0 Å². The summed E-state index contributed by atoms with van der Waals surface area (Å²) in [6, 6.07) is 0.145. The fourth-order valence-electron chi connectivity index (χ4n) is 2.49. The minimum atomic E-state index is -0.0487. The fraction of sp³-hybridized carbons (Fsp3) is 0.692. The summed E-state index contributed by atoms with van der Waals surface area (Å²) in [6.07, 6.45) is 0.835. The summed E-state index contributed by atoms with van der Waals surface area (Å²) in [5.41, 5.74) is 7.29. The van der Waals surface area contributed by atoms with E-state index in [4.69, 9.17) is 10.3 Å². The second-order valence-electron chi connectivity index (χ2n) is 5.81. The van der Waals surface area contributed by atoms with Crippen LogP contribution in [-0.4, -0.2) is 35.1 Å². The Morgan fingerprint density at radius 1 is 1.47 bits per heavy atom. The molecule has 108 valence electrons. The Kier molecular flexibility index (Phi) is 4.63. The average Bonchev–Trinajstić information content (AvgIpc) is 2.61. The Morgan fingerprint density at radius 2 is 2.11 bits per heavy atom. The number of rotatable bonds is 1. The number of nitrogens with zero attached hydrogens (tertiary/aromatic N) is 2. The second-order valence-corrected chi connectivity index (χ2v) is 5.81. The van der Waals surface area contributed by atoms with Crippen molar-refractivity contribution in [3.8, 4) is 0 Å². The first-order valence-corrected chi connectivity index (χ1v) is 6.30. The van der Waals surface area contributed by atoms with Crippen LogP contribution in [0.2, 0.25) is 0 Å². The monoisotopic (exact) mass is 287 g/mol. The zero-order chi connectivity index (χ0) is 13.5. The molecule has 0 saturated carbocycles. The van der Waals surface area contributed by atoms with Crippen LogP contribution < -0.4 is 5.73 Å². The van der Waals surface area contributed by atoms with Gasteiger partial charge in [-0.2, -0.15) is 0 Å². The highest BCUT2D eigenvalue weighted by Crippen LogP contribution is 2.29. The molecule has 0 radical (unpaired) electrons. The highest BCUT2D eigenvalue weighted by Gasteiger charge is 2.36. The molecule has 6 heteroatoms. The summed E-state index contributed by atoms with van der Waals surface area (Å²) < 4.78 is 5.06. The zero-order valence-corrected chi connectivity index (χ0v) is 12.7. The molecule has 1 aliphatic rings. The largest absolute Gasteiger partial charge is 0.361 e. The first kappa shape index (κ1) is 16.0. The molecule has 0 spiro atoms. The molecule has 1 atom stereocenters. The van der Waals surface area contributed by atoms with Crippen molar-refractivity contribution in [2.45, 2.75) is 40.2 Å². The lowest BCUT2D eigenvalue weighted by molar-refractivity contribution is 0.0530. The normalized spacial score (nSPS) is 21.9. The Labute approximate surface area is 119 Å². The summed E-state index contributed by atoms with van der Waals surface area (Å²) in [5.74, 6) is 0.594. The van der Waals surface area contributed by atoms with Gasteiger partial charge in [-0.3, -0.25) is 4.79 Å². The molecule has 19 heavy (non-hydrogen) atoms. The lowest BCUT2D eigenvalue weighted by atomic mass is 9.79. The summed E-state index contributed by atoms with van der Waals surface area (Å²) in [4.78, 5) is 14.3. The lowest BCUT2D eigenvalue weighted by Gasteiger charge is -2.42. The molecule has 0 bridgehead atoms. The van der Waals surface area contributed by atoms with Crippen molar-refractivity contribution in [1.29, 1.82) is 0 Å². The van der Waals surface area contributed by atoms with Crippen LogP contribution in [0.4, 0.5) is 0 Å². The third-order valence-electron chi connectivity index (χ3n) is 3.85. The summed E-state index contributed by atoms with van der Waals surface area (Å²) in [5, 5.41) is 3.84. The number of aryl methyl sites for hydroxylation is 2. The molecule has 1 fully saturated rings. The van der Waals surface area contributed by atoms with Gasteiger partial charge < -0.3 is 15.2 Å². The number of carbonyl (C=O) groups excluding carboxylic acids is 1. The van der Waals surface area contributed by atoms with Crippen LogP contribution in [0, 0.1) is 19.3 Å². The summed E-state index contributed by atoms with van der Waals surface area (Å²) >= 11 is 0. The quantitative estimate of drug-likeness (QED) is 0.856. The predicted molar refractivity (Wildman–Crippen MR) is 75.5 cm³/mol. The summed E-state index contributed by atoms with van der Waals surface area (Å²) in [7, 11) is 0. The number of aromatic nitrogens is 1. The smallest absolute Gasteiger partial charge is 0.259 e. The van der Waals surface area contributed by atoms with Gasteiger partial charge in [0.25, 0.3) is 5.91 Å². The van der Waals surface area contributed by atoms with Crippen LogP contribution in [0.1, 0.15) is 42.1 Å². The average molecular weight is 288 g/mol. The molecular formula is C13H22ClN3O2. The number of carbonyl (C=O) groups is 1. The van der Waals surface area contributed by atoms with Crippen LogP contribution in [0.15, 0.2) is 4.52 Å². The van der Waals surface area contributed by atoms with Gasteiger partial charge in [0.2, 0.25) is 0 Å². The van der Waals surface area contributed by atoms with E-state index in [0.29, 0.717) is 30.1 Å². The minimum absolute atomic E-state index is 0. The maximum absolute atomic E-state index is 12.5. The maximum atomic E-state index is 12.5. The van der Waals surface area contributed by atoms with Gasteiger partial charge in [-0.25, -0.2) is 0 Å². The van der Waals surface area contributed by atoms with E-state index in [0.717, 1.165) is 6.42 Å². The molecule has 5 nitrogen and oxygen atoms in total. The van der Waals surface area contributed by atoms with Crippen LogP contribution in [0.5, 0.6) is 0 Å². The van der Waals surface area contributed by atoms with Gasteiger partial charge in [-0.15, -0.1) is 12.4 Å². The molecule has 1 aliphatic heterocycles. The van der Waals surface area contributed by atoms with Crippen molar-refractivity contribution in [2.24, 2.45) is 11.1 Å². The number of halogens is 1. The van der Waals surface area contributed by atoms with Crippen molar-refractivity contribution >= 4 is 18.3 Å². The molecular weight excluding hydrogens is 266 g/mol. The van der Waals surface area contributed by atoms with Gasteiger partial charge in [-0.05, 0) is 25.7 Å². The van der Waals surface area contributed by atoms with Crippen molar-refractivity contribution in [2.75, 3.05) is 13.1 Å². The molecule has 2 rings (SSSR count). The standard InChI is InChI=1S/C13H21N3O2.ClH/c1-8-11(9(2)18-15-8)12(17)16-6-5-10(14)13(3,4)7-16;/h10H,5-7,14H2,1-4H3;1H. The van der Waals surface area contributed by atoms with Crippen LogP contribution in [0.25, 0.3) is 0 Å². The highest BCUT2D eigenvalue weighted by atomic mass is 35.5. The van der Waals surface area contributed by atoms with Gasteiger partial charge in [0.15, 0.2) is 0 Å².